The second-order valence-electron chi connectivity index (χ2n) is 3.55. The molecule has 0 bridgehead atoms. The summed E-state index contributed by atoms with van der Waals surface area (Å²) in [6.07, 6.45) is -0.0430. The minimum atomic E-state index is -0.803. The molecule has 0 saturated heterocycles. The number of hydrogen-bond donors (Lipinski definition) is 1. The molecule has 1 rings (SSSR count). The molecule has 0 aliphatic carbocycles. The highest BCUT2D eigenvalue weighted by atomic mass is 19.1. The Morgan fingerprint density at radius 2 is 2.12 bits per heavy atom. The van der Waals surface area contributed by atoms with Crippen molar-refractivity contribution < 1.29 is 19.0 Å². The number of methoxy groups -OCH3 is 1. The van der Waals surface area contributed by atoms with Crippen LogP contribution in [0.2, 0.25) is 0 Å². The average Bonchev–Trinajstić information content (AvgIpc) is 2.24. The molecule has 1 aromatic rings. The summed E-state index contributed by atoms with van der Waals surface area (Å²) in [6, 6.07) is 4.47. The highest BCUT2D eigenvalue weighted by Gasteiger charge is 2.08. The monoisotopic (exact) mass is 228 g/mol. The molecule has 1 aromatic carbocycles. The third-order valence-electron chi connectivity index (χ3n) is 2.18. The van der Waals surface area contributed by atoms with E-state index < -0.39 is 11.9 Å². The fraction of sp³-hybridized carbons (Fsp3) is 0.500. The van der Waals surface area contributed by atoms with Crippen LogP contribution in [0.15, 0.2) is 18.2 Å². The first kappa shape index (κ1) is 12.9. The van der Waals surface area contributed by atoms with Crippen LogP contribution < -0.4 is 4.74 Å². The van der Waals surface area contributed by atoms with Gasteiger partial charge in [0.1, 0.15) is 11.6 Å². The van der Waals surface area contributed by atoms with Gasteiger partial charge in [0.2, 0.25) is 0 Å². The number of hydrogen-bond acceptors (Lipinski definition) is 3. The van der Waals surface area contributed by atoms with Crippen LogP contribution in [0.1, 0.15) is 25.0 Å². The van der Waals surface area contributed by atoms with Gasteiger partial charge in [0.15, 0.2) is 0 Å². The van der Waals surface area contributed by atoms with Crippen molar-refractivity contribution in [2.75, 3.05) is 20.3 Å². The van der Waals surface area contributed by atoms with E-state index in [9.17, 15) is 9.50 Å². The molecule has 4 heteroatoms. The van der Waals surface area contributed by atoms with Crippen LogP contribution in [-0.2, 0) is 4.74 Å². The minimum absolute atomic E-state index is 0.282. The van der Waals surface area contributed by atoms with Crippen LogP contribution in [0, 0.1) is 5.82 Å². The van der Waals surface area contributed by atoms with Crippen LogP contribution in [0.3, 0.4) is 0 Å². The maximum atomic E-state index is 13.4. The van der Waals surface area contributed by atoms with Gasteiger partial charge in [-0.2, -0.15) is 0 Å². The molecule has 0 radical (unpaired) electrons. The summed E-state index contributed by atoms with van der Waals surface area (Å²) in [5, 5.41) is 9.24. The molecule has 0 fully saturated rings. The SMILES string of the molecule is COCCCOc1ccc([C@H](C)O)c(F)c1. The summed E-state index contributed by atoms with van der Waals surface area (Å²) >= 11 is 0. The number of rotatable bonds is 6. The van der Waals surface area contributed by atoms with Crippen molar-refractivity contribution in [2.45, 2.75) is 19.4 Å². The molecular weight excluding hydrogens is 211 g/mol. The number of ether oxygens (including phenoxy) is 2. The third kappa shape index (κ3) is 3.79. The van der Waals surface area contributed by atoms with Gasteiger partial charge in [0.05, 0.1) is 12.7 Å². The van der Waals surface area contributed by atoms with E-state index in [4.69, 9.17) is 9.47 Å². The van der Waals surface area contributed by atoms with Crippen molar-refractivity contribution in [3.05, 3.63) is 29.6 Å². The molecule has 0 heterocycles. The summed E-state index contributed by atoms with van der Waals surface area (Å²) in [6.45, 7) is 2.63. The Kier molecular flexibility index (Phi) is 5.22. The topological polar surface area (TPSA) is 38.7 Å². The van der Waals surface area contributed by atoms with E-state index in [0.717, 1.165) is 6.42 Å². The van der Waals surface area contributed by atoms with Crippen LogP contribution in [0.4, 0.5) is 4.39 Å². The van der Waals surface area contributed by atoms with Crippen LogP contribution in [0.25, 0.3) is 0 Å². The lowest BCUT2D eigenvalue weighted by Gasteiger charge is -2.09. The van der Waals surface area contributed by atoms with Gasteiger partial charge in [-0.05, 0) is 19.1 Å². The molecule has 0 spiro atoms. The predicted molar refractivity (Wildman–Crippen MR) is 59.0 cm³/mol. The summed E-state index contributed by atoms with van der Waals surface area (Å²) in [4.78, 5) is 0. The standard InChI is InChI=1S/C12H17FO3/c1-9(14)11-5-4-10(8-12(11)13)16-7-3-6-15-2/h4-5,8-9,14H,3,6-7H2,1-2H3/t9-/m0/s1. The fourth-order valence-electron chi connectivity index (χ4n) is 1.33. The van der Waals surface area contributed by atoms with E-state index >= 15 is 0 Å². The number of halogens is 1. The van der Waals surface area contributed by atoms with Crippen molar-refractivity contribution in [3.8, 4) is 5.75 Å². The molecule has 0 unspecified atom stereocenters. The molecule has 3 nitrogen and oxygen atoms in total. The highest BCUT2D eigenvalue weighted by molar-refractivity contribution is 5.29. The van der Waals surface area contributed by atoms with E-state index in [1.54, 1.807) is 13.2 Å². The lowest BCUT2D eigenvalue weighted by Crippen LogP contribution is -2.02. The van der Waals surface area contributed by atoms with Gasteiger partial charge in [0, 0.05) is 31.8 Å². The Balaban J connectivity index is 2.53. The lowest BCUT2D eigenvalue weighted by molar-refractivity contribution is 0.171. The Morgan fingerprint density at radius 3 is 2.69 bits per heavy atom. The zero-order valence-electron chi connectivity index (χ0n) is 9.57. The van der Waals surface area contributed by atoms with Gasteiger partial charge in [-0.25, -0.2) is 4.39 Å². The largest absolute Gasteiger partial charge is 0.493 e. The average molecular weight is 228 g/mol. The second kappa shape index (κ2) is 6.45. The lowest BCUT2D eigenvalue weighted by atomic mass is 10.1. The van der Waals surface area contributed by atoms with Gasteiger partial charge in [-0.15, -0.1) is 0 Å². The summed E-state index contributed by atoms with van der Waals surface area (Å²) in [5.41, 5.74) is 0.282. The Bertz CT molecular complexity index is 326. The Hall–Kier alpha value is -1.13. The van der Waals surface area contributed by atoms with Crippen molar-refractivity contribution in [1.29, 1.82) is 0 Å². The van der Waals surface area contributed by atoms with Gasteiger partial charge in [-0.1, -0.05) is 0 Å². The molecule has 90 valence electrons. The predicted octanol–water partition coefficient (Wildman–Crippen LogP) is 2.29. The quantitative estimate of drug-likeness (QED) is 0.759. The molecule has 16 heavy (non-hydrogen) atoms. The van der Waals surface area contributed by atoms with Gasteiger partial charge >= 0.3 is 0 Å². The molecular formula is C12H17FO3. The zero-order chi connectivity index (χ0) is 12.0. The van der Waals surface area contributed by atoms with E-state index in [0.29, 0.717) is 19.0 Å². The first-order valence-electron chi connectivity index (χ1n) is 5.24. The summed E-state index contributed by atoms with van der Waals surface area (Å²) < 4.78 is 23.6. The number of aliphatic hydroxyl groups excluding tert-OH is 1. The first-order valence-corrected chi connectivity index (χ1v) is 5.24. The number of benzene rings is 1. The highest BCUT2D eigenvalue weighted by Crippen LogP contribution is 2.21. The Morgan fingerprint density at radius 1 is 1.38 bits per heavy atom. The van der Waals surface area contributed by atoms with Crippen molar-refractivity contribution in [1.82, 2.24) is 0 Å². The first-order chi connectivity index (χ1) is 7.65. The molecule has 0 saturated carbocycles. The van der Waals surface area contributed by atoms with Crippen molar-refractivity contribution >= 4 is 0 Å². The molecule has 0 aliphatic rings. The fourth-order valence-corrected chi connectivity index (χ4v) is 1.33. The van der Waals surface area contributed by atoms with Crippen LogP contribution in [-0.4, -0.2) is 25.4 Å². The van der Waals surface area contributed by atoms with Crippen LogP contribution in [0.5, 0.6) is 5.75 Å². The minimum Gasteiger partial charge on any atom is -0.493 e. The zero-order valence-corrected chi connectivity index (χ0v) is 9.57. The van der Waals surface area contributed by atoms with Crippen molar-refractivity contribution in [2.24, 2.45) is 0 Å². The molecule has 0 aromatic heterocycles. The Labute approximate surface area is 94.8 Å². The molecule has 0 aliphatic heterocycles. The molecule has 0 amide bonds. The van der Waals surface area contributed by atoms with Gasteiger partial charge in [-0.3, -0.25) is 0 Å². The van der Waals surface area contributed by atoms with Crippen molar-refractivity contribution in [3.63, 3.8) is 0 Å². The van der Waals surface area contributed by atoms with Gasteiger partial charge in [0.25, 0.3) is 0 Å². The van der Waals surface area contributed by atoms with E-state index in [1.807, 2.05) is 0 Å². The smallest absolute Gasteiger partial charge is 0.132 e. The van der Waals surface area contributed by atoms with E-state index in [2.05, 4.69) is 0 Å². The van der Waals surface area contributed by atoms with E-state index in [1.165, 1.54) is 19.1 Å². The summed E-state index contributed by atoms with van der Waals surface area (Å²) in [5.74, 6) is 0.0252. The van der Waals surface area contributed by atoms with E-state index in [-0.39, 0.29) is 5.56 Å². The third-order valence-corrected chi connectivity index (χ3v) is 2.18. The maximum Gasteiger partial charge on any atom is 0.132 e. The maximum absolute atomic E-state index is 13.4. The second-order valence-corrected chi connectivity index (χ2v) is 3.55. The number of aliphatic hydroxyl groups is 1. The van der Waals surface area contributed by atoms with Gasteiger partial charge < -0.3 is 14.6 Å². The summed E-state index contributed by atoms with van der Waals surface area (Å²) in [7, 11) is 1.62. The van der Waals surface area contributed by atoms with Crippen LogP contribution >= 0.6 is 0 Å². The molecule has 1 atom stereocenters. The normalized spacial score (nSPS) is 12.5. The molecule has 1 N–H and O–H groups in total.